The molecular weight excluding hydrogens is 331 g/mol. The lowest BCUT2D eigenvalue weighted by atomic mass is 10.0. The lowest BCUT2D eigenvalue weighted by Crippen LogP contribution is -1.91. The van der Waals surface area contributed by atoms with Crippen LogP contribution in [0.2, 0.25) is 0 Å². The molecule has 1 nitrogen and oxygen atoms in total. The minimum Gasteiger partial charge on any atom is -0.497 e. The van der Waals surface area contributed by atoms with Gasteiger partial charge in [0, 0.05) is 4.47 Å². The number of ether oxygens (including phenoxy) is 1. The Kier molecular flexibility index (Phi) is 6.24. The molecule has 0 bridgehead atoms. The summed E-state index contributed by atoms with van der Waals surface area (Å²) in [6, 6.07) is 13.0. The van der Waals surface area contributed by atoms with Gasteiger partial charge in [0.15, 0.2) is 0 Å². The summed E-state index contributed by atoms with van der Waals surface area (Å²) in [4.78, 5) is 0. The summed E-state index contributed by atoms with van der Waals surface area (Å²) < 4.78 is 19.1. The zero-order valence-electron chi connectivity index (χ0n) is 12.2. The van der Waals surface area contributed by atoms with Gasteiger partial charge in [-0.3, -0.25) is 0 Å². The molecule has 0 heterocycles. The van der Waals surface area contributed by atoms with Gasteiger partial charge in [0.25, 0.3) is 0 Å². The monoisotopic (exact) mass is 350 g/mol. The molecule has 2 rings (SSSR count). The number of hydrogen-bond donors (Lipinski definition) is 0. The van der Waals surface area contributed by atoms with Crippen molar-refractivity contribution < 1.29 is 9.13 Å². The minimum atomic E-state index is -0.164. The average Bonchev–Trinajstić information content (AvgIpc) is 2.48. The first-order valence-electron chi connectivity index (χ1n) is 7.25. The SMILES string of the molecule is COc1cc(Br)cc(CCCCCc2ccc(F)cc2)c1. The van der Waals surface area contributed by atoms with Gasteiger partial charge in [-0.15, -0.1) is 0 Å². The Morgan fingerprint density at radius 2 is 1.57 bits per heavy atom. The zero-order chi connectivity index (χ0) is 15.1. The van der Waals surface area contributed by atoms with Crippen molar-refractivity contribution in [3.8, 4) is 5.75 Å². The molecule has 0 saturated carbocycles. The second kappa shape index (κ2) is 8.18. The Hall–Kier alpha value is -1.35. The average molecular weight is 351 g/mol. The Balaban J connectivity index is 1.72. The number of aryl methyl sites for hydroxylation is 2. The Bertz CT molecular complexity index is 566. The molecule has 0 radical (unpaired) electrons. The van der Waals surface area contributed by atoms with Crippen molar-refractivity contribution in [2.24, 2.45) is 0 Å². The molecule has 2 aromatic carbocycles. The smallest absolute Gasteiger partial charge is 0.123 e. The van der Waals surface area contributed by atoms with Crippen molar-refractivity contribution in [1.29, 1.82) is 0 Å². The van der Waals surface area contributed by atoms with Crippen LogP contribution in [0.1, 0.15) is 30.4 Å². The molecular formula is C18H20BrFO. The fourth-order valence-electron chi connectivity index (χ4n) is 2.37. The van der Waals surface area contributed by atoms with Gasteiger partial charge < -0.3 is 4.74 Å². The Labute approximate surface area is 134 Å². The Morgan fingerprint density at radius 1 is 0.905 bits per heavy atom. The Morgan fingerprint density at radius 3 is 2.24 bits per heavy atom. The van der Waals surface area contributed by atoms with Crippen LogP contribution in [-0.4, -0.2) is 7.11 Å². The van der Waals surface area contributed by atoms with Crippen LogP contribution in [0.4, 0.5) is 4.39 Å². The molecule has 3 heteroatoms. The molecule has 0 aliphatic heterocycles. The number of rotatable bonds is 7. The molecule has 0 spiro atoms. The molecule has 21 heavy (non-hydrogen) atoms. The predicted octanol–water partition coefficient (Wildman–Crippen LogP) is 5.55. The molecule has 0 saturated heterocycles. The van der Waals surface area contributed by atoms with Gasteiger partial charge in [-0.25, -0.2) is 4.39 Å². The minimum absolute atomic E-state index is 0.164. The molecule has 0 aliphatic rings. The largest absolute Gasteiger partial charge is 0.497 e. The van der Waals surface area contributed by atoms with Crippen molar-refractivity contribution in [2.75, 3.05) is 7.11 Å². The fraction of sp³-hybridized carbons (Fsp3) is 0.333. The second-order valence-corrected chi connectivity index (χ2v) is 6.10. The van der Waals surface area contributed by atoms with Crippen LogP contribution in [0.3, 0.4) is 0 Å². The van der Waals surface area contributed by atoms with Gasteiger partial charge >= 0.3 is 0 Å². The number of methoxy groups -OCH3 is 1. The highest BCUT2D eigenvalue weighted by Gasteiger charge is 2.00. The number of halogens is 2. The van der Waals surface area contributed by atoms with E-state index in [1.54, 1.807) is 7.11 Å². The first-order chi connectivity index (χ1) is 10.2. The van der Waals surface area contributed by atoms with Crippen LogP contribution in [0.5, 0.6) is 5.75 Å². The summed E-state index contributed by atoms with van der Waals surface area (Å²) >= 11 is 3.50. The van der Waals surface area contributed by atoms with Crippen molar-refractivity contribution in [1.82, 2.24) is 0 Å². The fourth-order valence-corrected chi connectivity index (χ4v) is 2.89. The third kappa shape index (κ3) is 5.50. The summed E-state index contributed by atoms with van der Waals surface area (Å²) in [7, 11) is 1.69. The number of benzene rings is 2. The predicted molar refractivity (Wildman–Crippen MR) is 88.4 cm³/mol. The third-order valence-corrected chi connectivity index (χ3v) is 3.97. The van der Waals surface area contributed by atoms with Crippen LogP contribution < -0.4 is 4.74 Å². The van der Waals surface area contributed by atoms with E-state index in [-0.39, 0.29) is 5.82 Å². The van der Waals surface area contributed by atoms with E-state index in [0.29, 0.717) is 0 Å². The lowest BCUT2D eigenvalue weighted by Gasteiger charge is -2.06. The van der Waals surface area contributed by atoms with Crippen LogP contribution in [0, 0.1) is 5.82 Å². The van der Waals surface area contributed by atoms with Gasteiger partial charge in [0.1, 0.15) is 11.6 Å². The molecule has 0 unspecified atom stereocenters. The summed E-state index contributed by atoms with van der Waals surface area (Å²) in [6.45, 7) is 0. The maximum Gasteiger partial charge on any atom is 0.123 e. The highest BCUT2D eigenvalue weighted by molar-refractivity contribution is 9.10. The van der Waals surface area contributed by atoms with Gasteiger partial charge in [-0.2, -0.15) is 0 Å². The standard InChI is InChI=1S/C18H20BrFO/c1-21-18-12-15(11-16(19)13-18)6-4-2-3-5-14-7-9-17(20)10-8-14/h7-13H,2-6H2,1H3. The lowest BCUT2D eigenvalue weighted by molar-refractivity contribution is 0.414. The van der Waals surface area contributed by atoms with Crippen LogP contribution in [0.15, 0.2) is 46.9 Å². The van der Waals surface area contributed by atoms with E-state index in [4.69, 9.17) is 4.74 Å². The van der Waals surface area contributed by atoms with Crippen LogP contribution in [-0.2, 0) is 12.8 Å². The summed E-state index contributed by atoms with van der Waals surface area (Å²) in [5.74, 6) is 0.730. The molecule has 0 N–H and O–H groups in total. The molecule has 0 atom stereocenters. The topological polar surface area (TPSA) is 9.23 Å². The molecule has 0 aromatic heterocycles. The molecule has 0 fully saturated rings. The highest BCUT2D eigenvalue weighted by Crippen LogP contribution is 2.22. The van der Waals surface area contributed by atoms with E-state index >= 15 is 0 Å². The molecule has 2 aromatic rings. The van der Waals surface area contributed by atoms with Gasteiger partial charge in [-0.1, -0.05) is 34.5 Å². The normalized spacial score (nSPS) is 10.6. The van der Waals surface area contributed by atoms with Crippen molar-refractivity contribution in [3.63, 3.8) is 0 Å². The van der Waals surface area contributed by atoms with Gasteiger partial charge in [0.2, 0.25) is 0 Å². The van der Waals surface area contributed by atoms with Gasteiger partial charge in [-0.05, 0) is 67.1 Å². The first-order valence-corrected chi connectivity index (χ1v) is 8.04. The zero-order valence-corrected chi connectivity index (χ0v) is 13.8. The van der Waals surface area contributed by atoms with E-state index < -0.39 is 0 Å². The molecule has 112 valence electrons. The van der Waals surface area contributed by atoms with E-state index in [0.717, 1.165) is 35.9 Å². The van der Waals surface area contributed by atoms with Crippen LogP contribution in [0.25, 0.3) is 0 Å². The second-order valence-electron chi connectivity index (χ2n) is 5.19. The maximum atomic E-state index is 12.8. The highest BCUT2D eigenvalue weighted by atomic mass is 79.9. The van der Waals surface area contributed by atoms with E-state index in [1.165, 1.54) is 29.7 Å². The summed E-state index contributed by atoms with van der Waals surface area (Å²) in [6.07, 6.45) is 5.53. The summed E-state index contributed by atoms with van der Waals surface area (Å²) in [5, 5.41) is 0. The number of unbranched alkanes of at least 4 members (excludes halogenated alkanes) is 2. The quantitative estimate of drug-likeness (QED) is 0.594. The maximum absolute atomic E-state index is 12.8. The van der Waals surface area contributed by atoms with E-state index in [1.807, 2.05) is 18.2 Å². The molecule has 0 amide bonds. The van der Waals surface area contributed by atoms with Crippen molar-refractivity contribution in [3.05, 3.63) is 63.9 Å². The first kappa shape index (κ1) is 16.0. The van der Waals surface area contributed by atoms with E-state index in [2.05, 4.69) is 28.1 Å². The van der Waals surface area contributed by atoms with Gasteiger partial charge in [0.05, 0.1) is 7.11 Å². The van der Waals surface area contributed by atoms with E-state index in [9.17, 15) is 4.39 Å². The molecule has 0 aliphatic carbocycles. The van der Waals surface area contributed by atoms with Crippen molar-refractivity contribution in [2.45, 2.75) is 32.1 Å². The summed E-state index contributed by atoms with van der Waals surface area (Å²) in [5.41, 5.74) is 2.50. The van der Waals surface area contributed by atoms with Crippen LogP contribution >= 0.6 is 15.9 Å². The number of hydrogen-bond acceptors (Lipinski definition) is 1. The third-order valence-electron chi connectivity index (χ3n) is 3.51. The van der Waals surface area contributed by atoms with Crippen molar-refractivity contribution >= 4 is 15.9 Å².